The van der Waals surface area contributed by atoms with Gasteiger partial charge in [0.05, 0.1) is 10.5 Å². The highest BCUT2D eigenvalue weighted by Crippen LogP contribution is 2.29. The van der Waals surface area contributed by atoms with Crippen LogP contribution in [0.25, 0.3) is 22.3 Å². The van der Waals surface area contributed by atoms with E-state index in [4.69, 9.17) is 0 Å². The molecule has 2 fully saturated rings. The van der Waals surface area contributed by atoms with Gasteiger partial charge < -0.3 is 15.1 Å². The number of nitrogens with zero attached hydrogens (tertiary/aromatic N) is 2. The van der Waals surface area contributed by atoms with Crippen molar-refractivity contribution in [3.63, 3.8) is 0 Å². The number of carbonyl (C=O) groups is 7. The quantitative estimate of drug-likeness (QED) is 0.0608. The molecule has 71 heavy (non-hydrogen) atoms. The first kappa shape index (κ1) is 53.8. The summed E-state index contributed by atoms with van der Waals surface area (Å²) in [5.74, 6) is -0.328. The van der Waals surface area contributed by atoms with E-state index < -0.39 is 0 Å². The standard InChI is InChI=1S/C30H40N2O3S.C27H25N3O4S/c1-4-6-8-9-13-25(12-7-5-2)29(34)32(3)21-23-11-10-14-26(19-23)24-17-15-22(16-18-24)20-27-28(33)31-30(35)36-27;1-17(31)28-23-12-10-21(11-13-23)26(33)30(2)16-19-4-3-5-22(14-19)20-8-6-18(7-9-20)15-24-25(32)29-27(34)35-24/h10-11,14-19,25,27H,4-9,12-13,20-21H2,1-3H3,(H,31,33,35);3-14,24H,15-16H2,1-2H3,(H,28,31)(H,29,32,34). The molecule has 3 N–H and O–H groups in total. The molecule has 0 aromatic heterocycles. The Morgan fingerprint density at radius 2 is 1.04 bits per heavy atom. The molecular formula is C57H65N5O7S2. The molecule has 372 valence electrons. The number of unbranched alkanes of at least 4 members (excludes halogenated alkanes) is 4. The summed E-state index contributed by atoms with van der Waals surface area (Å²) in [6, 6.07) is 39.3. The summed E-state index contributed by atoms with van der Waals surface area (Å²) >= 11 is 2.09. The van der Waals surface area contributed by atoms with Crippen LogP contribution in [0.2, 0.25) is 0 Å². The maximum Gasteiger partial charge on any atom is 0.286 e. The first-order chi connectivity index (χ1) is 34.2. The van der Waals surface area contributed by atoms with Crippen molar-refractivity contribution in [1.29, 1.82) is 0 Å². The Kier molecular flexibility index (Phi) is 20.2. The Morgan fingerprint density at radius 1 is 0.563 bits per heavy atom. The molecule has 3 atom stereocenters. The first-order valence-corrected chi connectivity index (χ1v) is 26.2. The summed E-state index contributed by atoms with van der Waals surface area (Å²) < 4.78 is 0. The average Bonchev–Trinajstić information content (AvgIpc) is 3.86. The van der Waals surface area contributed by atoms with E-state index in [2.05, 4.69) is 66.2 Å². The van der Waals surface area contributed by atoms with Gasteiger partial charge in [0.1, 0.15) is 0 Å². The van der Waals surface area contributed by atoms with Crippen molar-refractivity contribution >= 4 is 69.2 Å². The molecule has 7 amide bonds. The molecule has 3 unspecified atom stereocenters. The van der Waals surface area contributed by atoms with E-state index >= 15 is 0 Å². The molecule has 5 aromatic carbocycles. The number of carbonyl (C=O) groups excluding carboxylic acids is 7. The number of hydrogen-bond acceptors (Lipinski definition) is 9. The molecule has 2 aliphatic rings. The monoisotopic (exact) mass is 995 g/mol. The summed E-state index contributed by atoms with van der Waals surface area (Å²) in [6.07, 6.45) is 10.0. The van der Waals surface area contributed by atoms with E-state index in [-0.39, 0.29) is 56.4 Å². The van der Waals surface area contributed by atoms with Crippen molar-refractivity contribution in [3.05, 3.63) is 149 Å². The third-order valence-corrected chi connectivity index (χ3v) is 14.4. The number of thioether (sulfide) groups is 2. The van der Waals surface area contributed by atoms with Gasteiger partial charge in [0.2, 0.25) is 23.6 Å². The summed E-state index contributed by atoms with van der Waals surface area (Å²) in [5, 5.41) is 6.05. The molecule has 12 nitrogen and oxygen atoms in total. The largest absolute Gasteiger partial charge is 0.341 e. The van der Waals surface area contributed by atoms with E-state index in [0.717, 1.165) is 100 Å². The Bertz CT molecular complexity index is 2660. The highest BCUT2D eigenvalue weighted by Gasteiger charge is 2.32. The molecule has 0 radical (unpaired) electrons. The van der Waals surface area contributed by atoms with E-state index in [1.54, 1.807) is 36.2 Å². The van der Waals surface area contributed by atoms with Crippen molar-refractivity contribution in [2.24, 2.45) is 5.92 Å². The van der Waals surface area contributed by atoms with Gasteiger partial charge in [-0.25, -0.2) is 0 Å². The van der Waals surface area contributed by atoms with E-state index in [1.165, 1.54) is 26.2 Å². The Morgan fingerprint density at radius 3 is 1.49 bits per heavy atom. The van der Waals surface area contributed by atoms with Gasteiger partial charge in [-0.15, -0.1) is 0 Å². The summed E-state index contributed by atoms with van der Waals surface area (Å²) in [5.41, 5.74) is 9.56. The molecule has 0 aliphatic carbocycles. The van der Waals surface area contributed by atoms with Crippen LogP contribution >= 0.6 is 23.5 Å². The van der Waals surface area contributed by atoms with Gasteiger partial charge in [0.25, 0.3) is 16.4 Å². The van der Waals surface area contributed by atoms with Gasteiger partial charge in [-0.05, 0) is 107 Å². The van der Waals surface area contributed by atoms with Crippen LogP contribution in [0, 0.1) is 5.92 Å². The van der Waals surface area contributed by atoms with Crippen LogP contribution in [0.3, 0.4) is 0 Å². The highest BCUT2D eigenvalue weighted by molar-refractivity contribution is 8.15. The molecule has 0 saturated carbocycles. The number of benzene rings is 5. The van der Waals surface area contributed by atoms with Crippen LogP contribution in [-0.2, 0) is 45.1 Å². The molecule has 5 aromatic rings. The Balaban J connectivity index is 0.000000232. The van der Waals surface area contributed by atoms with E-state index in [0.29, 0.717) is 37.2 Å². The zero-order valence-electron chi connectivity index (χ0n) is 41.3. The maximum atomic E-state index is 13.3. The molecule has 7 rings (SSSR count). The SMILES string of the molecule is CC(=O)Nc1ccc(C(=O)N(C)Cc2cccc(-c3ccc(CC4SC(=O)NC4=O)cc3)c2)cc1.CCCCCCC(CCCC)C(=O)N(C)Cc1cccc(-c2ccc(CC3SC(=O)NC3=O)cc2)c1. The molecule has 2 saturated heterocycles. The number of amides is 7. The predicted molar refractivity (Wildman–Crippen MR) is 286 cm³/mol. The Hall–Kier alpha value is -6.51. The average molecular weight is 996 g/mol. The molecular weight excluding hydrogens is 931 g/mol. The van der Waals surface area contributed by atoms with Crippen molar-refractivity contribution in [3.8, 4) is 22.3 Å². The second-order valence-corrected chi connectivity index (χ2v) is 20.6. The molecule has 2 aliphatic heterocycles. The third kappa shape index (κ3) is 16.3. The van der Waals surface area contributed by atoms with Gasteiger partial charge in [0.15, 0.2) is 0 Å². The fourth-order valence-electron chi connectivity index (χ4n) is 8.64. The molecule has 0 bridgehead atoms. The third-order valence-electron chi connectivity index (χ3n) is 12.5. The lowest BCUT2D eigenvalue weighted by Crippen LogP contribution is -2.32. The number of rotatable bonds is 21. The normalized spacial score (nSPS) is 15.6. The second-order valence-electron chi connectivity index (χ2n) is 18.3. The topological polar surface area (TPSA) is 162 Å². The van der Waals surface area contributed by atoms with Crippen LogP contribution in [0.1, 0.15) is 105 Å². The number of hydrogen-bond donors (Lipinski definition) is 3. The molecule has 14 heteroatoms. The van der Waals surface area contributed by atoms with Crippen LogP contribution in [0.4, 0.5) is 15.3 Å². The van der Waals surface area contributed by atoms with Gasteiger partial charge in [-0.2, -0.15) is 0 Å². The van der Waals surface area contributed by atoms with Crippen molar-refractivity contribution in [2.75, 3.05) is 19.4 Å². The fourth-order valence-corrected chi connectivity index (χ4v) is 10.4. The van der Waals surface area contributed by atoms with Gasteiger partial charge in [-0.1, -0.05) is 161 Å². The zero-order chi connectivity index (χ0) is 50.9. The number of nitrogens with one attached hydrogen (secondary N) is 3. The van der Waals surface area contributed by atoms with Gasteiger partial charge in [0, 0.05) is 51.3 Å². The predicted octanol–water partition coefficient (Wildman–Crippen LogP) is 11.5. The van der Waals surface area contributed by atoms with Crippen molar-refractivity contribution in [2.45, 2.75) is 109 Å². The summed E-state index contributed by atoms with van der Waals surface area (Å²) in [6.45, 7) is 6.89. The van der Waals surface area contributed by atoms with Gasteiger partial charge in [-0.3, -0.25) is 44.2 Å². The van der Waals surface area contributed by atoms with Crippen LogP contribution in [0.5, 0.6) is 0 Å². The summed E-state index contributed by atoms with van der Waals surface area (Å²) in [4.78, 5) is 87.2. The van der Waals surface area contributed by atoms with Crippen LogP contribution in [0.15, 0.2) is 121 Å². The minimum absolute atomic E-state index is 0.110. The lowest BCUT2D eigenvalue weighted by molar-refractivity contribution is -0.135. The molecule has 0 spiro atoms. The maximum absolute atomic E-state index is 13.3. The summed E-state index contributed by atoms with van der Waals surface area (Å²) in [7, 11) is 3.68. The highest BCUT2D eigenvalue weighted by atomic mass is 32.2. The van der Waals surface area contributed by atoms with E-state index in [9.17, 15) is 33.6 Å². The first-order valence-electron chi connectivity index (χ1n) is 24.5. The fraction of sp³-hybridized carbons (Fsp3) is 0.351. The van der Waals surface area contributed by atoms with Crippen molar-refractivity contribution in [1.82, 2.24) is 20.4 Å². The minimum atomic E-state index is -0.383. The lowest BCUT2D eigenvalue weighted by atomic mass is 9.93. The number of imide groups is 2. The van der Waals surface area contributed by atoms with E-state index in [1.807, 2.05) is 72.6 Å². The number of anilines is 1. The zero-order valence-corrected chi connectivity index (χ0v) is 43.0. The van der Waals surface area contributed by atoms with Gasteiger partial charge >= 0.3 is 0 Å². The van der Waals surface area contributed by atoms with Crippen LogP contribution in [-0.4, -0.2) is 74.4 Å². The molecule has 2 heterocycles. The van der Waals surface area contributed by atoms with Crippen molar-refractivity contribution < 1.29 is 33.6 Å². The Labute approximate surface area is 426 Å². The van der Waals surface area contributed by atoms with Crippen LogP contribution < -0.4 is 16.0 Å². The minimum Gasteiger partial charge on any atom is -0.341 e. The smallest absolute Gasteiger partial charge is 0.286 e. The lowest BCUT2D eigenvalue weighted by Gasteiger charge is -2.24. The second kappa shape index (κ2) is 26.6.